The van der Waals surface area contributed by atoms with Crippen LogP contribution < -0.4 is 14.2 Å². The predicted molar refractivity (Wildman–Crippen MR) is 86.4 cm³/mol. The highest BCUT2D eigenvalue weighted by atomic mass is 32.2. The Labute approximate surface area is 135 Å². The minimum atomic E-state index is -3.75. The molecule has 7 nitrogen and oxygen atoms in total. The highest BCUT2D eigenvalue weighted by molar-refractivity contribution is 7.92. The minimum absolute atomic E-state index is 0.127. The summed E-state index contributed by atoms with van der Waals surface area (Å²) in [6.07, 6.45) is 1.33. The zero-order valence-corrected chi connectivity index (χ0v) is 14.1. The summed E-state index contributed by atoms with van der Waals surface area (Å²) in [6.45, 7) is 6.21. The van der Waals surface area contributed by atoms with Crippen molar-refractivity contribution in [3.8, 4) is 11.9 Å². The lowest BCUT2D eigenvalue weighted by atomic mass is 10.2. The van der Waals surface area contributed by atoms with Crippen molar-refractivity contribution >= 4 is 15.7 Å². The van der Waals surface area contributed by atoms with Gasteiger partial charge in [0.05, 0.1) is 24.3 Å². The number of anilines is 1. The van der Waals surface area contributed by atoms with Gasteiger partial charge in [-0.15, -0.1) is 0 Å². The van der Waals surface area contributed by atoms with Gasteiger partial charge in [-0.2, -0.15) is 4.98 Å². The topological polar surface area (TPSA) is 90.4 Å². The van der Waals surface area contributed by atoms with Crippen LogP contribution in [0.5, 0.6) is 11.9 Å². The van der Waals surface area contributed by atoms with Crippen molar-refractivity contribution in [3.05, 3.63) is 36.0 Å². The number of rotatable bonds is 7. The Kier molecular flexibility index (Phi) is 5.38. The first-order valence-electron chi connectivity index (χ1n) is 7.18. The summed E-state index contributed by atoms with van der Waals surface area (Å²) in [7, 11) is -3.75. The molecule has 0 aliphatic heterocycles. The summed E-state index contributed by atoms with van der Waals surface area (Å²) in [6, 6.07) is 6.66. The van der Waals surface area contributed by atoms with Crippen LogP contribution in [0.15, 0.2) is 35.4 Å². The van der Waals surface area contributed by atoms with Gasteiger partial charge in [-0.1, -0.05) is 17.7 Å². The molecule has 0 aliphatic carbocycles. The number of hydrogen-bond acceptors (Lipinski definition) is 6. The van der Waals surface area contributed by atoms with E-state index in [1.165, 1.54) is 18.3 Å². The van der Waals surface area contributed by atoms with E-state index < -0.39 is 10.0 Å². The molecule has 0 spiro atoms. The van der Waals surface area contributed by atoms with Crippen LogP contribution in [0.1, 0.15) is 19.4 Å². The van der Waals surface area contributed by atoms with Crippen LogP contribution in [0.4, 0.5) is 5.69 Å². The SMILES string of the molecule is CCOc1ncc(NS(=O)(=O)c2ccc(C)cc2)c(OCC)n1. The highest BCUT2D eigenvalue weighted by Gasteiger charge is 2.18. The number of sulfonamides is 1. The lowest BCUT2D eigenvalue weighted by molar-refractivity contribution is 0.290. The summed E-state index contributed by atoms with van der Waals surface area (Å²) in [5, 5.41) is 0. The van der Waals surface area contributed by atoms with Gasteiger partial charge in [0.15, 0.2) is 0 Å². The van der Waals surface area contributed by atoms with Gasteiger partial charge in [-0.05, 0) is 32.9 Å². The van der Waals surface area contributed by atoms with Crippen LogP contribution >= 0.6 is 0 Å². The first-order valence-corrected chi connectivity index (χ1v) is 8.66. The molecule has 0 saturated heterocycles. The molecule has 1 heterocycles. The average molecular weight is 337 g/mol. The van der Waals surface area contributed by atoms with Gasteiger partial charge in [-0.25, -0.2) is 13.4 Å². The van der Waals surface area contributed by atoms with Crippen molar-refractivity contribution in [2.75, 3.05) is 17.9 Å². The van der Waals surface area contributed by atoms with Gasteiger partial charge in [0.25, 0.3) is 10.0 Å². The third-order valence-electron chi connectivity index (χ3n) is 2.86. The number of nitrogens with zero attached hydrogens (tertiary/aromatic N) is 2. The number of hydrogen-bond donors (Lipinski definition) is 1. The third kappa shape index (κ3) is 4.32. The second-order valence-corrected chi connectivity index (χ2v) is 6.34. The smallest absolute Gasteiger partial charge is 0.319 e. The molecule has 0 radical (unpaired) electrons. The van der Waals surface area contributed by atoms with Gasteiger partial charge in [0.2, 0.25) is 5.88 Å². The van der Waals surface area contributed by atoms with Gasteiger partial charge >= 0.3 is 6.01 Å². The summed E-state index contributed by atoms with van der Waals surface area (Å²) < 4.78 is 37.9. The summed E-state index contributed by atoms with van der Waals surface area (Å²) in [5.74, 6) is 0.127. The predicted octanol–water partition coefficient (Wildman–Crippen LogP) is 2.38. The monoisotopic (exact) mass is 337 g/mol. The molecule has 0 bridgehead atoms. The minimum Gasteiger partial charge on any atom is -0.476 e. The van der Waals surface area contributed by atoms with E-state index in [2.05, 4.69) is 14.7 Å². The Morgan fingerprint density at radius 1 is 1.09 bits per heavy atom. The second kappa shape index (κ2) is 7.28. The Morgan fingerprint density at radius 2 is 1.74 bits per heavy atom. The van der Waals surface area contributed by atoms with Crippen molar-refractivity contribution in [2.24, 2.45) is 0 Å². The first kappa shape index (κ1) is 17.0. The molecular formula is C15H19N3O4S. The zero-order chi connectivity index (χ0) is 16.9. The standard InChI is InChI=1S/C15H19N3O4S/c1-4-21-14-13(10-16-15(17-14)22-5-2)18-23(19,20)12-8-6-11(3)7-9-12/h6-10,18H,4-5H2,1-3H3. The van der Waals surface area contributed by atoms with Gasteiger partial charge in [0.1, 0.15) is 5.69 Å². The van der Waals surface area contributed by atoms with E-state index in [9.17, 15) is 8.42 Å². The second-order valence-electron chi connectivity index (χ2n) is 4.66. The largest absolute Gasteiger partial charge is 0.476 e. The highest BCUT2D eigenvalue weighted by Crippen LogP contribution is 2.26. The van der Waals surface area contributed by atoms with E-state index in [4.69, 9.17) is 9.47 Å². The molecule has 0 saturated carbocycles. The molecule has 0 atom stereocenters. The first-order chi connectivity index (χ1) is 11.0. The molecule has 1 aromatic heterocycles. The molecule has 0 aliphatic rings. The fourth-order valence-electron chi connectivity index (χ4n) is 1.79. The molecule has 2 rings (SSSR count). The van der Waals surface area contributed by atoms with E-state index in [1.807, 2.05) is 6.92 Å². The molecular weight excluding hydrogens is 318 g/mol. The molecule has 2 aromatic rings. The molecule has 1 aromatic carbocycles. The average Bonchev–Trinajstić information content (AvgIpc) is 2.51. The summed E-state index contributed by atoms with van der Waals surface area (Å²) in [5.41, 5.74) is 1.14. The number of ether oxygens (including phenoxy) is 2. The van der Waals surface area contributed by atoms with Crippen molar-refractivity contribution in [2.45, 2.75) is 25.7 Å². The fourth-order valence-corrected chi connectivity index (χ4v) is 2.83. The van der Waals surface area contributed by atoms with Crippen LogP contribution in [-0.2, 0) is 10.0 Å². The maximum Gasteiger partial charge on any atom is 0.319 e. The zero-order valence-electron chi connectivity index (χ0n) is 13.2. The fraction of sp³-hybridized carbons (Fsp3) is 0.333. The summed E-state index contributed by atoms with van der Waals surface area (Å²) >= 11 is 0. The maximum atomic E-state index is 12.4. The summed E-state index contributed by atoms with van der Waals surface area (Å²) in [4.78, 5) is 8.18. The van der Waals surface area contributed by atoms with Crippen LogP contribution in [0.25, 0.3) is 0 Å². The Hall–Kier alpha value is -2.35. The molecule has 8 heteroatoms. The third-order valence-corrected chi connectivity index (χ3v) is 4.24. The van der Waals surface area contributed by atoms with E-state index in [0.29, 0.717) is 13.2 Å². The molecule has 1 N–H and O–H groups in total. The maximum absolute atomic E-state index is 12.4. The number of aromatic nitrogens is 2. The molecule has 0 fully saturated rings. The number of benzene rings is 1. The Balaban J connectivity index is 2.32. The van der Waals surface area contributed by atoms with Crippen LogP contribution in [0.3, 0.4) is 0 Å². The number of nitrogens with one attached hydrogen (secondary N) is 1. The van der Waals surface area contributed by atoms with Crippen LogP contribution in [0.2, 0.25) is 0 Å². The van der Waals surface area contributed by atoms with E-state index in [1.54, 1.807) is 26.0 Å². The normalized spacial score (nSPS) is 11.1. The van der Waals surface area contributed by atoms with Crippen molar-refractivity contribution < 1.29 is 17.9 Å². The van der Waals surface area contributed by atoms with Crippen molar-refractivity contribution in [3.63, 3.8) is 0 Å². The lowest BCUT2D eigenvalue weighted by Gasteiger charge is -2.12. The van der Waals surface area contributed by atoms with Crippen molar-refractivity contribution in [1.82, 2.24) is 9.97 Å². The van der Waals surface area contributed by atoms with E-state index in [-0.39, 0.29) is 22.5 Å². The van der Waals surface area contributed by atoms with Gasteiger partial charge in [0, 0.05) is 0 Å². The van der Waals surface area contributed by atoms with Gasteiger partial charge in [-0.3, -0.25) is 4.72 Å². The molecule has 0 amide bonds. The van der Waals surface area contributed by atoms with Gasteiger partial charge < -0.3 is 9.47 Å². The van der Waals surface area contributed by atoms with Crippen LogP contribution in [0, 0.1) is 6.92 Å². The Morgan fingerprint density at radius 3 is 2.35 bits per heavy atom. The van der Waals surface area contributed by atoms with E-state index in [0.717, 1.165) is 5.56 Å². The van der Waals surface area contributed by atoms with Crippen LogP contribution in [-0.4, -0.2) is 31.6 Å². The Bertz CT molecular complexity index is 761. The van der Waals surface area contributed by atoms with Crippen molar-refractivity contribution in [1.29, 1.82) is 0 Å². The molecule has 23 heavy (non-hydrogen) atoms. The molecule has 0 unspecified atom stereocenters. The number of aryl methyl sites for hydroxylation is 1. The van der Waals surface area contributed by atoms with E-state index >= 15 is 0 Å². The quantitative estimate of drug-likeness (QED) is 0.834. The lowest BCUT2D eigenvalue weighted by Crippen LogP contribution is -2.15. The molecule has 124 valence electrons.